The molecule has 2 bridgehead atoms. The predicted octanol–water partition coefficient (Wildman–Crippen LogP) is 3.08. The molecule has 0 spiro atoms. The average Bonchev–Trinajstić information content (AvgIpc) is 3.42. The highest BCUT2D eigenvalue weighted by Gasteiger charge is 2.47. The molecule has 166 valence electrons. The van der Waals surface area contributed by atoms with Gasteiger partial charge in [0.2, 0.25) is 11.9 Å². The van der Waals surface area contributed by atoms with Gasteiger partial charge in [-0.25, -0.2) is 4.98 Å². The highest BCUT2D eigenvalue weighted by molar-refractivity contribution is 5.85. The summed E-state index contributed by atoms with van der Waals surface area (Å²) in [5, 5.41) is 6.19. The monoisotopic (exact) mass is 445 g/mol. The number of hydrogen-bond acceptors (Lipinski definition) is 7. The number of carbonyl (C=O) groups excluding carboxylic acids is 1. The van der Waals surface area contributed by atoms with E-state index in [-0.39, 0.29) is 41.4 Å². The number of hydrogen-bond donors (Lipinski definition) is 4. The van der Waals surface area contributed by atoms with Crippen LogP contribution in [0.15, 0.2) is 42.7 Å². The fraction of sp³-hybridized carbons (Fsp3) is 0.300. The quantitative estimate of drug-likeness (QED) is 0.429. The zero-order valence-electron chi connectivity index (χ0n) is 16.4. The molecule has 2 aliphatic rings. The minimum atomic E-state index is -4.80. The zero-order valence-corrected chi connectivity index (χ0v) is 16.4. The molecule has 2 heterocycles. The molecule has 1 aromatic carbocycles. The van der Waals surface area contributed by atoms with Crippen molar-refractivity contribution in [1.82, 2.24) is 19.9 Å². The number of nitrogens with two attached hydrogens (primary N) is 1. The number of amides is 1. The van der Waals surface area contributed by atoms with Gasteiger partial charge in [0.15, 0.2) is 11.5 Å². The summed E-state index contributed by atoms with van der Waals surface area (Å²) in [5.41, 5.74) is 6.83. The molecular formula is C20H18F3N7O2. The van der Waals surface area contributed by atoms with Crippen molar-refractivity contribution < 1.29 is 22.7 Å². The van der Waals surface area contributed by atoms with E-state index in [1.807, 2.05) is 6.08 Å². The van der Waals surface area contributed by atoms with Crippen LogP contribution in [0.3, 0.4) is 0 Å². The van der Waals surface area contributed by atoms with Crippen molar-refractivity contribution in [2.24, 2.45) is 23.5 Å². The van der Waals surface area contributed by atoms with Crippen molar-refractivity contribution in [2.75, 3.05) is 10.6 Å². The number of primary amides is 1. The van der Waals surface area contributed by atoms with E-state index in [1.165, 1.54) is 24.5 Å². The van der Waals surface area contributed by atoms with E-state index < -0.39 is 6.36 Å². The minimum Gasteiger partial charge on any atom is -0.406 e. The number of imidazole rings is 1. The molecular weight excluding hydrogens is 427 g/mol. The summed E-state index contributed by atoms with van der Waals surface area (Å²) in [6.07, 6.45) is 1.58. The number of benzene rings is 1. The van der Waals surface area contributed by atoms with Crippen molar-refractivity contribution in [1.29, 1.82) is 0 Å². The van der Waals surface area contributed by atoms with Crippen molar-refractivity contribution in [3.8, 4) is 5.75 Å². The number of rotatable bonds is 6. The molecule has 2 aliphatic carbocycles. The molecule has 0 saturated heterocycles. The normalized spacial score (nSPS) is 24.1. The lowest BCUT2D eigenvalue weighted by molar-refractivity contribution is -0.274. The Labute approximate surface area is 179 Å². The van der Waals surface area contributed by atoms with Gasteiger partial charge in [-0.2, -0.15) is 9.97 Å². The lowest BCUT2D eigenvalue weighted by Gasteiger charge is -2.27. The van der Waals surface area contributed by atoms with Crippen LogP contribution in [0.4, 0.5) is 30.6 Å². The Hall–Kier alpha value is -3.83. The maximum atomic E-state index is 12.5. The first-order valence-corrected chi connectivity index (χ1v) is 9.85. The number of aromatic amines is 1. The van der Waals surface area contributed by atoms with Gasteiger partial charge in [-0.15, -0.1) is 13.2 Å². The third-order valence-corrected chi connectivity index (χ3v) is 5.70. The van der Waals surface area contributed by atoms with Gasteiger partial charge < -0.3 is 26.1 Å². The number of H-pyrrole nitrogens is 1. The number of aromatic nitrogens is 4. The lowest BCUT2D eigenvalue weighted by atomic mass is 9.88. The van der Waals surface area contributed by atoms with Crippen LogP contribution in [0.1, 0.15) is 6.42 Å². The number of nitrogens with zero attached hydrogens (tertiary/aromatic N) is 3. The van der Waals surface area contributed by atoms with E-state index in [0.717, 1.165) is 6.42 Å². The van der Waals surface area contributed by atoms with Gasteiger partial charge in [0, 0.05) is 17.8 Å². The number of allylic oxidation sites excluding steroid dienone is 1. The standard InChI is InChI=1S/C20H18F3N7O2/c21-20(22,23)32-12-3-1-2-11(7-12)27-19-29-17-15(25-8-26-17)18(30-19)28-14-10-5-4-9(6-10)13(14)16(24)31/h1-5,7-10,13-14H,6H2,(H2,24,31)(H3,25,26,27,28,29,30). The van der Waals surface area contributed by atoms with Gasteiger partial charge in [-0.3, -0.25) is 4.79 Å². The van der Waals surface area contributed by atoms with E-state index in [9.17, 15) is 18.0 Å². The minimum absolute atomic E-state index is 0.0862. The number of alkyl halides is 3. The Morgan fingerprint density at radius 2 is 2.03 bits per heavy atom. The zero-order chi connectivity index (χ0) is 22.5. The molecule has 0 radical (unpaired) electrons. The smallest absolute Gasteiger partial charge is 0.406 e. The Balaban J connectivity index is 1.44. The number of anilines is 3. The second-order valence-electron chi connectivity index (χ2n) is 7.74. The third kappa shape index (κ3) is 3.79. The van der Waals surface area contributed by atoms with Gasteiger partial charge in [0.25, 0.3) is 0 Å². The van der Waals surface area contributed by atoms with Gasteiger partial charge in [-0.1, -0.05) is 18.2 Å². The third-order valence-electron chi connectivity index (χ3n) is 5.70. The molecule has 0 aliphatic heterocycles. The van der Waals surface area contributed by atoms with Crippen LogP contribution in [0, 0.1) is 17.8 Å². The summed E-state index contributed by atoms with van der Waals surface area (Å²) in [6.45, 7) is 0. The van der Waals surface area contributed by atoms with Crippen LogP contribution in [-0.4, -0.2) is 38.2 Å². The van der Waals surface area contributed by atoms with Gasteiger partial charge in [0.05, 0.1) is 12.2 Å². The summed E-state index contributed by atoms with van der Waals surface area (Å²) < 4.78 is 41.5. The van der Waals surface area contributed by atoms with E-state index in [0.29, 0.717) is 22.7 Å². The second-order valence-corrected chi connectivity index (χ2v) is 7.74. The highest BCUT2D eigenvalue weighted by atomic mass is 19.4. The molecule has 2 aromatic heterocycles. The van der Waals surface area contributed by atoms with Gasteiger partial charge in [0.1, 0.15) is 11.3 Å². The molecule has 5 N–H and O–H groups in total. The molecule has 4 unspecified atom stereocenters. The lowest BCUT2D eigenvalue weighted by Crippen LogP contribution is -2.41. The van der Waals surface area contributed by atoms with E-state index in [2.05, 4.69) is 41.4 Å². The SMILES string of the molecule is NC(=O)C1C2C=CC(C2)C1Nc1nc(Nc2cccc(OC(F)(F)F)c2)nc2nc[nH]c12. The van der Waals surface area contributed by atoms with E-state index in [4.69, 9.17) is 5.73 Å². The van der Waals surface area contributed by atoms with Crippen LogP contribution >= 0.6 is 0 Å². The molecule has 4 atom stereocenters. The van der Waals surface area contributed by atoms with Gasteiger partial charge >= 0.3 is 6.36 Å². The first kappa shape index (κ1) is 20.1. The van der Waals surface area contributed by atoms with E-state index in [1.54, 1.807) is 6.07 Å². The molecule has 3 aromatic rings. The Bertz CT molecular complexity index is 1210. The van der Waals surface area contributed by atoms with Crippen LogP contribution in [0.25, 0.3) is 11.2 Å². The summed E-state index contributed by atoms with van der Waals surface area (Å²) in [4.78, 5) is 27.9. The number of ether oxygens (including phenoxy) is 1. The molecule has 32 heavy (non-hydrogen) atoms. The maximum absolute atomic E-state index is 12.5. The van der Waals surface area contributed by atoms with Crippen LogP contribution in [0.2, 0.25) is 0 Å². The summed E-state index contributed by atoms with van der Waals surface area (Å²) in [6, 6.07) is 5.10. The van der Waals surface area contributed by atoms with Crippen LogP contribution in [-0.2, 0) is 4.79 Å². The molecule has 12 heteroatoms. The Morgan fingerprint density at radius 3 is 2.81 bits per heavy atom. The fourth-order valence-electron chi connectivity index (χ4n) is 4.46. The largest absolute Gasteiger partial charge is 0.573 e. The predicted molar refractivity (Wildman–Crippen MR) is 109 cm³/mol. The van der Waals surface area contributed by atoms with Crippen molar-refractivity contribution in [3.05, 3.63) is 42.7 Å². The number of halogens is 3. The Morgan fingerprint density at radius 1 is 1.22 bits per heavy atom. The van der Waals surface area contributed by atoms with Gasteiger partial charge in [-0.05, 0) is 30.4 Å². The number of nitrogens with one attached hydrogen (secondary N) is 3. The van der Waals surface area contributed by atoms with Crippen LogP contribution in [0.5, 0.6) is 5.75 Å². The highest BCUT2D eigenvalue weighted by Crippen LogP contribution is 2.45. The summed E-state index contributed by atoms with van der Waals surface area (Å²) >= 11 is 0. The molecule has 5 rings (SSSR count). The topological polar surface area (TPSA) is 131 Å². The number of carbonyl (C=O) groups is 1. The van der Waals surface area contributed by atoms with Crippen molar-refractivity contribution in [3.63, 3.8) is 0 Å². The molecule has 1 amide bonds. The summed E-state index contributed by atoms with van der Waals surface area (Å²) in [7, 11) is 0. The first-order valence-electron chi connectivity index (χ1n) is 9.85. The summed E-state index contributed by atoms with van der Waals surface area (Å²) in [5.74, 6) is -0.374. The average molecular weight is 445 g/mol. The molecule has 1 fully saturated rings. The molecule has 9 nitrogen and oxygen atoms in total. The molecule has 1 saturated carbocycles. The first-order chi connectivity index (χ1) is 15.3. The van der Waals surface area contributed by atoms with Crippen molar-refractivity contribution in [2.45, 2.75) is 18.8 Å². The van der Waals surface area contributed by atoms with Crippen LogP contribution < -0.4 is 21.1 Å². The maximum Gasteiger partial charge on any atom is 0.573 e. The second kappa shape index (κ2) is 7.39. The fourth-order valence-corrected chi connectivity index (χ4v) is 4.46. The number of fused-ring (bicyclic) bond motifs is 3. The van der Waals surface area contributed by atoms with Crippen molar-refractivity contribution >= 4 is 34.5 Å². The van der Waals surface area contributed by atoms with E-state index >= 15 is 0 Å². The Kier molecular flexibility index (Phi) is 4.64.